The van der Waals surface area contributed by atoms with E-state index in [0.717, 1.165) is 23.9 Å². The number of rotatable bonds is 5. The number of anilines is 1. The Labute approximate surface area is 133 Å². The molecule has 2 amide bonds. The number of hydrogen-bond donors (Lipinski definition) is 2. The predicted molar refractivity (Wildman–Crippen MR) is 85.6 cm³/mol. The van der Waals surface area contributed by atoms with Crippen molar-refractivity contribution in [2.24, 2.45) is 0 Å². The molecule has 0 unspecified atom stereocenters. The van der Waals surface area contributed by atoms with Gasteiger partial charge in [-0.2, -0.15) is 0 Å². The maximum atomic E-state index is 12.0. The van der Waals surface area contributed by atoms with Crippen LogP contribution in [0.15, 0.2) is 0 Å². The molecule has 1 saturated heterocycles. The molecule has 0 aromatic carbocycles. The van der Waals surface area contributed by atoms with Crippen molar-refractivity contribution >= 4 is 28.5 Å². The van der Waals surface area contributed by atoms with Crippen molar-refractivity contribution in [1.82, 2.24) is 15.2 Å². The van der Waals surface area contributed by atoms with E-state index < -0.39 is 5.97 Å². The lowest BCUT2D eigenvalue weighted by molar-refractivity contribution is -0.137. The molecule has 22 heavy (non-hydrogen) atoms. The highest BCUT2D eigenvalue weighted by atomic mass is 32.1. The Hall–Kier alpha value is -1.83. The molecule has 1 aliphatic rings. The molecule has 2 rings (SSSR count). The summed E-state index contributed by atoms with van der Waals surface area (Å²) in [6.45, 7) is 7.33. The van der Waals surface area contributed by atoms with Crippen molar-refractivity contribution in [3.8, 4) is 0 Å². The first-order chi connectivity index (χ1) is 10.5. The molecule has 122 valence electrons. The van der Waals surface area contributed by atoms with Crippen LogP contribution in [-0.4, -0.2) is 59.7 Å². The van der Waals surface area contributed by atoms with Crippen molar-refractivity contribution in [2.75, 3.05) is 37.6 Å². The van der Waals surface area contributed by atoms with Gasteiger partial charge < -0.3 is 20.2 Å². The van der Waals surface area contributed by atoms with E-state index >= 15 is 0 Å². The van der Waals surface area contributed by atoms with E-state index in [0.29, 0.717) is 26.1 Å². The molecule has 2 heterocycles. The molecule has 0 spiro atoms. The number of aryl methyl sites for hydroxylation is 2. The van der Waals surface area contributed by atoms with Gasteiger partial charge in [0.25, 0.3) is 0 Å². The molecule has 0 radical (unpaired) electrons. The number of hydrogen-bond acceptors (Lipinski definition) is 5. The second-order valence-electron chi connectivity index (χ2n) is 5.34. The number of aliphatic carboxylic acids is 1. The topological polar surface area (TPSA) is 85.8 Å². The zero-order valence-electron chi connectivity index (χ0n) is 13.0. The normalized spacial score (nSPS) is 15.0. The quantitative estimate of drug-likeness (QED) is 0.800. The van der Waals surface area contributed by atoms with Crippen LogP contribution in [0.4, 0.5) is 9.93 Å². The molecule has 1 aromatic heterocycles. The summed E-state index contributed by atoms with van der Waals surface area (Å²) in [5, 5.41) is 12.3. The fraction of sp³-hybridized carbons (Fsp3) is 0.643. The number of piperazine rings is 1. The number of carboxylic acids is 1. The van der Waals surface area contributed by atoms with Gasteiger partial charge >= 0.3 is 12.0 Å². The van der Waals surface area contributed by atoms with Crippen molar-refractivity contribution in [3.05, 3.63) is 10.6 Å². The van der Waals surface area contributed by atoms with Crippen LogP contribution in [0.5, 0.6) is 0 Å². The molecule has 1 aromatic rings. The first-order valence-corrected chi connectivity index (χ1v) is 8.22. The fourth-order valence-corrected chi connectivity index (χ4v) is 3.20. The Morgan fingerprint density at radius 1 is 1.27 bits per heavy atom. The average molecular weight is 326 g/mol. The van der Waals surface area contributed by atoms with Crippen molar-refractivity contribution in [3.63, 3.8) is 0 Å². The number of urea groups is 1. The summed E-state index contributed by atoms with van der Waals surface area (Å²) in [5.41, 5.74) is 1.07. The number of aromatic nitrogens is 1. The van der Waals surface area contributed by atoms with Gasteiger partial charge in [0.15, 0.2) is 5.13 Å². The minimum atomic E-state index is -0.836. The van der Waals surface area contributed by atoms with Crippen LogP contribution in [0.2, 0.25) is 0 Å². The largest absolute Gasteiger partial charge is 0.481 e. The average Bonchev–Trinajstić information content (AvgIpc) is 2.83. The predicted octanol–water partition coefficient (Wildman–Crippen LogP) is 1.46. The summed E-state index contributed by atoms with van der Waals surface area (Å²) in [5.74, 6) is -0.836. The molecule has 0 bridgehead atoms. The van der Waals surface area contributed by atoms with E-state index in [1.165, 1.54) is 4.88 Å². The zero-order valence-corrected chi connectivity index (χ0v) is 13.8. The molecule has 0 saturated carbocycles. The number of nitrogens with one attached hydrogen (secondary N) is 1. The van der Waals surface area contributed by atoms with Gasteiger partial charge in [0.2, 0.25) is 0 Å². The van der Waals surface area contributed by atoms with Crippen LogP contribution in [0, 0.1) is 13.8 Å². The second kappa shape index (κ2) is 7.44. The second-order valence-corrected chi connectivity index (χ2v) is 6.52. The van der Waals surface area contributed by atoms with Gasteiger partial charge in [-0.1, -0.05) is 0 Å². The summed E-state index contributed by atoms with van der Waals surface area (Å²) < 4.78 is 0. The van der Waals surface area contributed by atoms with Gasteiger partial charge in [0, 0.05) is 44.0 Å². The molecule has 7 nitrogen and oxygen atoms in total. The third kappa shape index (κ3) is 4.33. The molecule has 1 aliphatic heterocycles. The van der Waals surface area contributed by atoms with Gasteiger partial charge in [-0.3, -0.25) is 4.79 Å². The zero-order chi connectivity index (χ0) is 16.1. The molecule has 0 aliphatic carbocycles. The fourth-order valence-electron chi connectivity index (χ4n) is 2.24. The number of carboxylic acid groups (broad SMARTS) is 1. The summed E-state index contributed by atoms with van der Waals surface area (Å²) in [6.07, 6.45) is 0.537. The van der Waals surface area contributed by atoms with Gasteiger partial charge in [-0.05, 0) is 20.3 Å². The SMILES string of the molecule is Cc1nc(N2CCN(C(=O)NCCCC(=O)O)CC2)sc1C. The van der Waals surface area contributed by atoms with Crippen molar-refractivity contribution < 1.29 is 14.7 Å². The van der Waals surface area contributed by atoms with E-state index in [9.17, 15) is 9.59 Å². The van der Waals surface area contributed by atoms with E-state index in [4.69, 9.17) is 5.11 Å². The van der Waals surface area contributed by atoms with Gasteiger partial charge in [-0.25, -0.2) is 9.78 Å². The van der Waals surface area contributed by atoms with Crippen LogP contribution < -0.4 is 10.2 Å². The maximum Gasteiger partial charge on any atom is 0.317 e. The number of amides is 2. The highest BCUT2D eigenvalue weighted by Crippen LogP contribution is 2.25. The highest BCUT2D eigenvalue weighted by molar-refractivity contribution is 7.15. The summed E-state index contributed by atoms with van der Waals surface area (Å²) in [6, 6.07) is -0.114. The highest BCUT2D eigenvalue weighted by Gasteiger charge is 2.22. The molecule has 0 atom stereocenters. The van der Waals surface area contributed by atoms with Crippen molar-refractivity contribution in [1.29, 1.82) is 0 Å². The molecule has 1 fully saturated rings. The number of thiazole rings is 1. The lowest BCUT2D eigenvalue weighted by atomic mass is 10.3. The Bertz CT molecular complexity index is 519. The summed E-state index contributed by atoms with van der Waals surface area (Å²) in [4.78, 5) is 32.1. The van der Waals surface area contributed by atoms with Crippen LogP contribution in [0.25, 0.3) is 0 Å². The van der Waals surface area contributed by atoms with Crippen LogP contribution in [0.3, 0.4) is 0 Å². The van der Waals surface area contributed by atoms with Gasteiger partial charge in [-0.15, -0.1) is 11.3 Å². The molecule has 8 heteroatoms. The van der Waals surface area contributed by atoms with Crippen LogP contribution >= 0.6 is 11.3 Å². The third-order valence-corrected chi connectivity index (χ3v) is 4.83. The van der Waals surface area contributed by atoms with Crippen LogP contribution in [-0.2, 0) is 4.79 Å². The summed E-state index contributed by atoms with van der Waals surface area (Å²) >= 11 is 1.69. The number of nitrogens with zero attached hydrogens (tertiary/aromatic N) is 3. The molecular weight excluding hydrogens is 304 g/mol. The van der Waals surface area contributed by atoms with E-state index in [1.54, 1.807) is 16.2 Å². The number of carbonyl (C=O) groups is 2. The molecule has 2 N–H and O–H groups in total. The van der Waals surface area contributed by atoms with Gasteiger partial charge in [0.1, 0.15) is 0 Å². The number of carbonyl (C=O) groups excluding carboxylic acids is 1. The Balaban J connectivity index is 1.74. The lowest BCUT2D eigenvalue weighted by Gasteiger charge is -2.34. The third-order valence-electron chi connectivity index (χ3n) is 3.70. The maximum absolute atomic E-state index is 12.0. The van der Waals surface area contributed by atoms with Crippen molar-refractivity contribution in [2.45, 2.75) is 26.7 Å². The lowest BCUT2D eigenvalue weighted by Crippen LogP contribution is -2.52. The first-order valence-electron chi connectivity index (χ1n) is 7.41. The Kier molecular flexibility index (Phi) is 5.59. The first kappa shape index (κ1) is 16.5. The Morgan fingerprint density at radius 2 is 1.95 bits per heavy atom. The Morgan fingerprint density at radius 3 is 2.50 bits per heavy atom. The minimum Gasteiger partial charge on any atom is -0.481 e. The van der Waals surface area contributed by atoms with E-state index in [-0.39, 0.29) is 12.5 Å². The standard InChI is InChI=1S/C14H22N4O3S/c1-10-11(2)22-14(16-10)18-8-6-17(7-9-18)13(21)15-5-3-4-12(19)20/h3-9H2,1-2H3,(H,15,21)(H,19,20). The smallest absolute Gasteiger partial charge is 0.317 e. The van der Waals surface area contributed by atoms with Gasteiger partial charge in [0.05, 0.1) is 5.69 Å². The monoisotopic (exact) mass is 326 g/mol. The minimum absolute atomic E-state index is 0.0802. The van der Waals surface area contributed by atoms with E-state index in [2.05, 4.69) is 22.1 Å². The van der Waals surface area contributed by atoms with E-state index in [1.807, 2.05) is 6.92 Å². The molecular formula is C14H22N4O3S. The summed E-state index contributed by atoms with van der Waals surface area (Å²) in [7, 11) is 0. The van der Waals surface area contributed by atoms with Crippen LogP contribution in [0.1, 0.15) is 23.4 Å².